The molecule has 0 aliphatic carbocycles. The first-order chi connectivity index (χ1) is 13.1. The van der Waals surface area contributed by atoms with Gasteiger partial charge in [-0.05, 0) is 42.9 Å². The topological polar surface area (TPSA) is 48.7 Å². The molecule has 3 aromatic rings. The van der Waals surface area contributed by atoms with Gasteiger partial charge in [-0.25, -0.2) is 4.79 Å². The Balaban J connectivity index is 1.59. The number of rotatable bonds is 7. The van der Waals surface area contributed by atoms with Gasteiger partial charge in [0.1, 0.15) is 25.8 Å². The zero-order valence-electron chi connectivity index (χ0n) is 17.2. The summed E-state index contributed by atoms with van der Waals surface area (Å²) in [7, 11) is 2.76. The molecule has 0 fully saturated rings. The van der Waals surface area contributed by atoms with Gasteiger partial charge in [-0.3, -0.25) is 0 Å². The zero-order valence-corrected chi connectivity index (χ0v) is 17.2. The minimum Gasteiger partial charge on any atom is -0.489 e. The Morgan fingerprint density at radius 2 is 1.68 bits per heavy atom. The molecular weight excluding hydrogens is 350 g/mol. The highest BCUT2D eigenvalue weighted by molar-refractivity contribution is 6.47. The molecule has 144 valence electrons. The first kappa shape index (κ1) is 20.3. The number of hydrogen-bond acceptors (Lipinski definition) is 4. The van der Waals surface area contributed by atoms with Crippen molar-refractivity contribution in [3.8, 4) is 5.75 Å². The van der Waals surface area contributed by atoms with Gasteiger partial charge in [0, 0.05) is 23.1 Å². The second-order valence-electron chi connectivity index (χ2n) is 8.61. The van der Waals surface area contributed by atoms with Crippen LogP contribution in [0, 0.1) is 0 Å². The SMILES string of the molecule is BC(C)(C)C(C)(C)OBc1ccc(COc2ccc3ccc(=O)oc3c2)cc1. The highest BCUT2D eigenvalue weighted by Gasteiger charge is 2.33. The summed E-state index contributed by atoms with van der Waals surface area (Å²) in [5, 5.41) is 0.939. The Morgan fingerprint density at radius 1 is 1.00 bits per heavy atom. The average molecular weight is 376 g/mol. The summed E-state index contributed by atoms with van der Waals surface area (Å²) in [6.07, 6.45) is 0. The van der Waals surface area contributed by atoms with E-state index in [1.807, 2.05) is 24.3 Å². The average Bonchev–Trinajstić information content (AvgIpc) is 2.64. The van der Waals surface area contributed by atoms with Gasteiger partial charge in [0.2, 0.25) is 0 Å². The lowest BCUT2D eigenvalue weighted by molar-refractivity contribution is 0.0767. The predicted molar refractivity (Wildman–Crippen MR) is 118 cm³/mol. The van der Waals surface area contributed by atoms with Gasteiger partial charge < -0.3 is 13.8 Å². The molecule has 0 aliphatic rings. The van der Waals surface area contributed by atoms with Crippen molar-refractivity contribution in [2.75, 3.05) is 0 Å². The largest absolute Gasteiger partial charge is 0.489 e. The molecule has 0 saturated carbocycles. The molecule has 0 saturated heterocycles. The lowest BCUT2D eigenvalue weighted by Crippen LogP contribution is -2.40. The Bertz CT molecular complexity index is 1000. The molecule has 0 amide bonds. The summed E-state index contributed by atoms with van der Waals surface area (Å²) in [6.45, 7) is 9.07. The van der Waals surface area contributed by atoms with E-state index in [2.05, 4.69) is 47.7 Å². The number of benzene rings is 2. The molecule has 3 rings (SSSR count). The molecule has 0 N–H and O–H groups in total. The number of ether oxygens (including phenoxy) is 1. The Labute approximate surface area is 167 Å². The Morgan fingerprint density at radius 3 is 2.36 bits per heavy atom. The molecule has 1 heterocycles. The normalized spacial score (nSPS) is 12.1. The van der Waals surface area contributed by atoms with E-state index in [-0.39, 0.29) is 16.5 Å². The van der Waals surface area contributed by atoms with Crippen molar-refractivity contribution in [1.82, 2.24) is 0 Å². The second-order valence-corrected chi connectivity index (χ2v) is 8.61. The molecule has 0 spiro atoms. The fraction of sp³-hybridized carbons (Fsp3) is 0.318. The molecular formula is C22H26B2O4. The van der Waals surface area contributed by atoms with Gasteiger partial charge in [0.15, 0.2) is 0 Å². The monoisotopic (exact) mass is 376 g/mol. The molecule has 0 unspecified atom stereocenters. The third-order valence-electron chi connectivity index (χ3n) is 5.43. The third-order valence-corrected chi connectivity index (χ3v) is 5.43. The minimum absolute atomic E-state index is 0.0692. The van der Waals surface area contributed by atoms with Crippen LogP contribution in [0.1, 0.15) is 33.3 Å². The van der Waals surface area contributed by atoms with Crippen LogP contribution >= 0.6 is 0 Å². The predicted octanol–water partition coefficient (Wildman–Crippen LogP) is 2.98. The first-order valence-corrected chi connectivity index (χ1v) is 9.53. The maximum atomic E-state index is 11.4. The summed E-state index contributed by atoms with van der Waals surface area (Å²) in [5.41, 5.74) is 2.15. The first-order valence-electron chi connectivity index (χ1n) is 9.53. The van der Waals surface area contributed by atoms with Crippen LogP contribution in [-0.2, 0) is 11.3 Å². The zero-order chi connectivity index (χ0) is 20.4. The van der Waals surface area contributed by atoms with E-state index in [0.717, 1.165) is 16.4 Å². The smallest absolute Gasteiger partial charge is 0.336 e. The molecule has 28 heavy (non-hydrogen) atoms. The quantitative estimate of drug-likeness (QED) is 0.470. The maximum Gasteiger partial charge on any atom is 0.336 e. The van der Waals surface area contributed by atoms with Crippen LogP contribution in [0.2, 0.25) is 5.31 Å². The fourth-order valence-electron chi connectivity index (χ4n) is 2.51. The van der Waals surface area contributed by atoms with Crippen molar-refractivity contribution in [3.63, 3.8) is 0 Å². The van der Waals surface area contributed by atoms with Crippen LogP contribution in [0.15, 0.2) is 63.8 Å². The molecule has 2 aromatic carbocycles. The van der Waals surface area contributed by atoms with Gasteiger partial charge in [-0.15, -0.1) is 0 Å². The van der Waals surface area contributed by atoms with E-state index in [4.69, 9.17) is 13.8 Å². The minimum atomic E-state index is -0.364. The highest BCUT2D eigenvalue weighted by atomic mass is 16.5. The van der Waals surface area contributed by atoms with Crippen molar-refractivity contribution in [1.29, 1.82) is 0 Å². The summed E-state index contributed by atoms with van der Waals surface area (Å²) >= 11 is 0. The lowest BCUT2D eigenvalue weighted by Gasteiger charge is -2.39. The third kappa shape index (κ3) is 4.87. The van der Waals surface area contributed by atoms with Crippen molar-refractivity contribution in [2.45, 2.75) is 45.2 Å². The van der Waals surface area contributed by atoms with E-state index < -0.39 is 0 Å². The summed E-state index contributed by atoms with van der Waals surface area (Å²) in [5.74, 6) is 0.668. The summed E-state index contributed by atoms with van der Waals surface area (Å²) < 4.78 is 17.2. The van der Waals surface area contributed by atoms with Crippen LogP contribution in [0.4, 0.5) is 0 Å². The van der Waals surface area contributed by atoms with Gasteiger partial charge in [-0.2, -0.15) is 0 Å². The number of hydrogen-bond donors (Lipinski definition) is 0. The van der Waals surface area contributed by atoms with Crippen molar-refractivity contribution in [3.05, 3.63) is 70.6 Å². The fourth-order valence-corrected chi connectivity index (χ4v) is 2.51. The van der Waals surface area contributed by atoms with Gasteiger partial charge in [-0.1, -0.05) is 43.6 Å². The van der Waals surface area contributed by atoms with E-state index in [0.29, 0.717) is 25.4 Å². The van der Waals surface area contributed by atoms with Crippen LogP contribution in [0.5, 0.6) is 5.75 Å². The lowest BCUT2D eigenvalue weighted by atomic mass is 9.61. The Hall–Kier alpha value is -2.46. The van der Waals surface area contributed by atoms with Crippen LogP contribution in [-0.4, -0.2) is 20.9 Å². The highest BCUT2D eigenvalue weighted by Crippen LogP contribution is 2.36. The number of fused-ring (bicyclic) bond motifs is 1. The second kappa shape index (κ2) is 7.88. The molecule has 0 aliphatic heterocycles. The van der Waals surface area contributed by atoms with E-state index in [9.17, 15) is 4.79 Å². The molecule has 0 radical (unpaired) electrons. The Kier molecular flexibility index (Phi) is 5.71. The van der Waals surface area contributed by atoms with Gasteiger partial charge in [0.05, 0.1) is 0 Å². The molecule has 1 aromatic heterocycles. The van der Waals surface area contributed by atoms with Crippen LogP contribution in [0.3, 0.4) is 0 Å². The van der Waals surface area contributed by atoms with E-state index >= 15 is 0 Å². The van der Waals surface area contributed by atoms with E-state index in [1.54, 1.807) is 12.1 Å². The van der Waals surface area contributed by atoms with Crippen LogP contribution < -0.4 is 15.8 Å². The van der Waals surface area contributed by atoms with Gasteiger partial charge in [0.25, 0.3) is 0 Å². The molecule has 4 nitrogen and oxygen atoms in total. The summed E-state index contributed by atoms with van der Waals surface area (Å²) in [6, 6.07) is 16.9. The maximum absolute atomic E-state index is 11.4. The molecule has 0 bridgehead atoms. The van der Waals surface area contributed by atoms with Gasteiger partial charge >= 0.3 is 13.1 Å². The molecule has 0 atom stereocenters. The standard InChI is InChI=1S/C22H26B2O4/c1-21(2,23)22(3,4)28-24-17-9-5-15(6-10-17)14-26-18-11-7-16-8-12-20(25)27-19(16)13-18/h5-13,24H,14,23H2,1-4H3. The van der Waals surface area contributed by atoms with Crippen molar-refractivity contribution in [2.24, 2.45) is 0 Å². The summed E-state index contributed by atoms with van der Waals surface area (Å²) in [4.78, 5) is 11.4. The van der Waals surface area contributed by atoms with Crippen LogP contribution in [0.25, 0.3) is 11.0 Å². The van der Waals surface area contributed by atoms with Crippen molar-refractivity contribution >= 4 is 31.8 Å². The van der Waals surface area contributed by atoms with Crippen molar-refractivity contribution < 1.29 is 13.8 Å². The van der Waals surface area contributed by atoms with E-state index in [1.165, 1.54) is 6.07 Å². The molecule has 6 heteroatoms.